The van der Waals surface area contributed by atoms with Gasteiger partial charge in [0.2, 0.25) is 0 Å². The van der Waals surface area contributed by atoms with Crippen LogP contribution in [0, 0.1) is 6.92 Å². The van der Waals surface area contributed by atoms with Crippen molar-refractivity contribution in [2.45, 2.75) is 6.92 Å². The van der Waals surface area contributed by atoms with Crippen LogP contribution in [-0.2, 0) is 0 Å². The number of aryl methyl sites for hydroxylation is 1. The summed E-state index contributed by atoms with van der Waals surface area (Å²) in [6.07, 6.45) is 0. The molecule has 0 amide bonds. The summed E-state index contributed by atoms with van der Waals surface area (Å²) in [6, 6.07) is 6.14. The van der Waals surface area contributed by atoms with Gasteiger partial charge < -0.3 is 5.32 Å². The zero-order chi connectivity index (χ0) is 11.0. The fourth-order valence-electron chi connectivity index (χ4n) is 1.55. The minimum Gasteiger partial charge on any atom is -0.373 e. The van der Waals surface area contributed by atoms with Crippen molar-refractivity contribution in [2.75, 3.05) is 12.4 Å². The molecule has 2 rings (SSSR count). The minimum atomic E-state index is 0.918. The zero-order valence-electron chi connectivity index (χ0n) is 8.44. The van der Waals surface area contributed by atoms with E-state index in [1.807, 2.05) is 26.1 Å². The molecule has 0 aliphatic rings. The monoisotopic (exact) mass is 328 g/mol. The average Bonchev–Trinajstić information content (AvgIpc) is 2.23. The van der Waals surface area contributed by atoms with Crippen molar-refractivity contribution < 1.29 is 0 Å². The molecular weight excluding hydrogens is 320 g/mol. The van der Waals surface area contributed by atoms with Crippen molar-refractivity contribution in [2.24, 2.45) is 0 Å². The first kappa shape index (κ1) is 10.9. The lowest BCUT2D eigenvalue weighted by Gasteiger charge is -2.08. The maximum Gasteiger partial charge on any atom is 0.129 e. The van der Waals surface area contributed by atoms with E-state index in [9.17, 15) is 0 Å². The first-order valence-corrected chi connectivity index (χ1v) is 6.15. The lowest BCUT2D eigenvalue weighted by Crippen LogP contribution is -1.96. The predicted molar refractivity (Wildman–Crippen MR) is 71.4 cm³/mol. The molecule has 1 N–H and O–H groups in total. The third kappa shape index (κ3) is 1.88. The number of nitrogens with zero attached hydrogens (tertiary/aromatic N) is 1. The van der Waals surface area contributed by atoms with E-state index in [1.54, 1.807) is 0 Å². The quantitative estimate of drug-likeness (QED) is 0.851. The second-order valence-electron chi connectivity index (χ2n) is 3.33. The molecule has 2 nitrogen and oxygen atoms in total. The van der Waals surface area contributed by atoms with Gasteiger partial charge in [0.25, 0.3) is 0 Å². The normalized spacial score (nSPS) is 10.7. The number of fused-ring (bicyclic) bond motifs is 1. The topological polar surface area (TPSA) is 24.9 Å². The Hall–Kier alpha value is -0.610. The van der Waals surface area contributed by atoms with Crippen LogP contribution in [0.3, 0.4) is 0 Å². The molecule has 0 aliphatic heterocycles. The number of pyridine rings is 1. The van der Waals surface area contributed by atoms with Crippen LogP contribution in [-0.4, -0.2) is 12.0 Å². The first-order valence-electron chi connectivity index (χ1n) is 4.56. The van der Waals surface area contributed by atoms with Crippen molar-refractivity contribution in [1.82, 2.24) is 4.98 Å². The Morgan fingerprint density at radius 3 is 2.53 bits per heavy atom. The molecule has 4 heteroatoms. The van der Waals surface area contributed by atoms with Crippen LogP contribution in [0.15, 0.2) is 27.1 Å². The Labute approximate surface area is 105 Å². The molecule has 1 heterocycles. The largest absolute Gasteiger partial charge is 0.373 e. The lowest BCUT2D eigenvalue weighted by molar-refractivity contribution is 1.28. The Bertz CT molecular complexity index is 523. The summed E-state index contributed by atoms with van der Waals surface area (Å²) >= 11 is 7.04. The molecule has 1 aromatic heterocycles. The lowest BCUT2D eigenvalue weighted by atomic mass is 10.1. The summed E-state index contributed by atoms with van der Waals surface area (Å²) in [5, 5.41) is 4.21. The fourth-order valence-corrected chi connectivity index (χ4v) is 2.41. The van der Waals surface area contributed by atoms with Gasteiger partial charge in [0, 0.05) is 21.4 Å². The third-order valence-corrected chi connectivity index (χ3v) is 3.64. The van der Waals surface area contributed by atoms with Gasteiger partial charge in [-0.3, -0.25) is 0 Å². The second kappa shape index (κ2) is 4.10. The molecule has 78 valence electrons. The SMILES string of the molecule is CNc1nc2c(Br)ccc(Br)c2cc1C. The molecule has 0 aliphatic carbocycles. The van der Waals surface area contributed by atoms with Crippen LogP contribution >= 0.6 is 31.9 Å². The zero-order valence-corrected chi connectivity index (χ0v) is 11.6. The smallest absolute Gasteiger partial charge is 0.129 e. The summed E-state index contributed by atoms with van der Waals surface area (Å²) in [4.78, 5) is 4.57. The standard InChI is InChI=1S/C11H10Br2N2/c1-6-5-7-8(12)3-4-9(13)10(7)15-11(6)14-2/h3-5H,1-2H3,(H,14,15). The van der Waals surface area contributed by atoms with Crippen LogP contribution in [0.2, 0.25) is 0 Å². The van der Waals surface area contributed by atoms with Gasteiger partial charge >= 0.3 is 0 Å². The van der Waals surface area contributed by atoms with Gasteiger partial charge in [0.15, 0.2) is 0 Å². The van der Waals surface area contributed by atoms with Crippen LogP contribution in [0.4, 0.5) is 5.82 Å². The van der Waals surface area contributed by atoms with Crippen LogP contribution in [0.25, 0.3) is 10.9 Å². The van der Waals surface area contributed by atoms with Crippen molar-refractivity contribution >= 4 is 48.6 Å². The number of aromatic nitrogens is 1. The highest BCUT2D eigenvalue weighted by molar-refractivity contribution is 9.11. The van der Waals surface area contributed by atoms with Crippen molar-refractivity contribution in [3.8, 4) is 0 Å². The summed E-state index contributed by atoms with van der Waals surface area (Å²) in [5.41, 5.74) is 2.11. The number of nitrogens with one attached hydrogen (secondary N) is 1. The Morgan fingerprint density at radius 1 is 1.20 bits per heavy atom. The summed E-state index contributed by atoms with van der Waals surface area (Å²) in [5.74, 6) is 0.918. The van der Waals surface area contributed by atoms with E-state index >= 15 is 0 Å². The van der Waals surface area contributed by atoms with E-state index in [-0.39, 0.29) is 0 Å². The number of rotatable bonds is 1. The Kier molecular flexibility index (Phi) is 2.98. The molecule has 2 aromatic rings. The highest BCUT2D eigenvalue weighted by Gasteiger charge is 2.07. The summed E-state index contributed by atoms with van der Waals surface area (Å²) in [6.45, 7) is 2.05. The van der Waals surface area contributed by atoms with Crippen molar-refractivity contribution in [1.29, 1.82) is 0 Å². The first-order chi connectivity index (χ1) is 7.13. The summed E-state index contributed by atoms with van der Waals surface area (Å²) < 4.78 is 2.08. The molecule has 0 saturated carbocycles. The number of anilines is 1. The van der Waals surface area contributed by atoms with Gasteiger partial charge in [0.1, 0.15) is 5.82 Å². The fraction of sp³-hybridized carbons (Fsp3) is 0.182. The maximum atomic E-state index is 4.57. The Balaban J connectivity index is 2.86. The van der Waals surface area contributed by atoms with E-state index in [1.165, 1.54) is 0 Å². The third-order valence-electron chi connectivity index (χ3n) is 2.31. The Morgan fingerprint density at radius 2 is 1.87 bits per heavy atom. The molecule has 0 unspecified atom stereocenters. The number of benzene rings is 1. The average molecular weight is 330 g/mol. The molecule has 0 atom stereocenters. The molecule has 15 heavy (non-hydrogen) atoms. The van der Waals surface area contributed by atoms with Gasteiger partial charge in [-0.1, -0.05) is 15.9 Å². The van der Waals surface area contributed by atoms with Crippen LogP contribution < -0.4 is 5.32 Å². The minimum absolute atomic E-state index is 0.918. The van der Waals surface area contributed by atoms with Gasteiger partial charge in [0.05, 0.1) is 5.52 Å². The van der Waals surface area contributed by atoms with E-state index in [4.69, 9.17) is 0 Å². The molecule has 1 aromatic carbocycles. The molecular formula is C11H10Br2N2. The van der Waals surface area contributed by atoms with Crippen LogP contribution in [0.5, 0.6) is 0 Å². The summed E-state index contributed by atoms with van der Waals surface area (Å²) in [7, 11) is 1.88. The van der Waals surface area contributed by atoms with E-state index in [0.717, 1.165) is 31.2 Å². The number of hydrogen-bond donors (Lipinski definition) is 1. The second-order valence-corrected chi connectivity index (χ2v) is 5.04. The molecule has 0 radical (unpaired) electrons. The van der Waals surface area contributed by atoms with Gasteiger partial charge in [-0.15, -0.1) is 0 Å². The highest BCUT2D eigenvalue weighted by atomic mass is 79.9. The van der Waals surface area contributed by atoms with Gasteiger partial charge in [-0.25, -0.2) is 4.98 Å². The molecule has 0 bridgehead atoms. The van der Waals surface area contributed by atoms with E-state index < -0.39 is 0 Å². The predicted octanol–water partition coefficient (Wildman–Crippen LogP) is 4.11. The van der Waals surface area contributed by atoms with E-state index in [2.05, 4.69) is 48.2 Å². The number of hydrogen-bond acceptors (Lipinski definition) is 2. The number of halogens is 2. The molecule has 0 spiro atoms. The van der Waals surface area contributed by atoms with Crippen molar-refractivity contribution in [3.05, 3.63) is 32.7 Å². The molecule has 0 fully saturated rings. The highest BCUT2D eigenvalue weighted by Crippen LogP contribution is 2.31. The van der Waals surface area contributed by atoms with Crippen LogP contribution in [0.1, 0.15) is 5.56 Å². The molecule has 0 saturated heterocycles. The van der Waals surface area contributed by atoms with Crippen molar-refractivity contribution in [3.63, 3.8) is 0 Å². The van der Waals surface area contributed by atoms with Gasteiger partial charge in [-0.2, -0.15) is 0 Å². The maximum absolute atomic E-state index is 4.57. The van der Waals surface area contributed by atoms with Gasteiger partial charge in [-0.05, 0) is 46.6 Å². The van der Waals surface area contributed by atoms with E-state index in [0.29, 0.717) is 0 Å².